The van der Waals surface area contributed by atoms with Crippen LogP contribution in [0.15, 0.2) is 18.2 Å². The molecule has 2 atom stereocenters. The van der Waals surface area contributed by atoms with Gasteiger partial charge in [-0.25, -0.2) is 0 Å². The smallest absolute Gasteiger partial charge is 0.123 e. The zero-order chi connectivity index (χ0) is 12.8. The number of methoxy groups -OCH3 is 2. The number of nitrogens with two attached hydrogens (primary N) is 1. The van der Waals surface area contributed by atoms with Crippen LogP contribution in [0.1, 0.15) is 38.3 Å². The zero-order valence-corrected chi connectivity index (χ0v) is 11.2. The molecule has 2 unspecified atom stereocenters. The highest BCUT2D eigenvalue weighted by atomic mass is 16.5. The van der Waals surface area contributed by atoms with Gasteiger partial charge in [0.25, 0.3) is 0 Å². The van der Waals surface area contributed by atoms with Crippen molar-refractivity contribution in [1.29, 1.82) is 0 Å². The minimum Gasteiger partial charge on any atom is -0.497 e. The van der Waals surface area contributed by atoms with Crippen molar-refractivity contribution < 1.29 is 9.47 Å². The first-order chi connectivity index (χ1) is 8.12. The van der Waals surface area contributed by atoms with Gasteiger partial charge in [-0.05, 0) is 30.5 Å². The molecule has 0 saturated carbocycles. The molecular formula is C14H23NO2. The Morgan fingerprint density at radius 1 is 1.24 bits per heavy atom. The summed E-state index contributed by atoms with van der Waals surface area (Å²) >= 11 is 0. The van der Waals surface area contributed by atoms with E-state index in [2.05, 4.69) is 13.8 Å². The quantitative estimate of drug-likeness (QED) is 0.826. The summed E-state index contributed by atoms with van der Waals surface area (Å²) < 4.78 is 10.6. The van der Waals surface area contributed by atoms with Crippen LogP contribution in [0.4, 0.5) is 0 Å². The average molecular weight is 237 g/mol. The molecule has 3 nitrogen and oxygen atoms in total. The summed E-state index contributed by atoms with van der Waals surface area (Å²) in [7, 11) is 3.33. The van der Waals surface area contributed by atoms with Crippen molar-refractivity contribution in [3.63, 3.8) is 0 Å². The SMILES string of the molecule is CCC(C)CC(N)c1cc(OC)ccc1OC. The van der Waals surface area contributed by atoms with Crippen LogP contribution in [-0.2, 0) is 0 Å². The van der Waals surface area contributed by atoms with Gasteiger partial charge in [-0.3, -0.25) is 0 Å². The third-order valence-electron chi connectivity index (χ3n) is 3.19. The second-order valence-corrected chi connectivity index (χ2v) is 4.46. The Kier molecular flexibility index (Phi) is 5.29. The van der Waals surface area contributed by atoms with Gasteiger partial charge < -0.3 is 15.2 Å². The first-order valence-corrected chi connectivity index (χ1v) is 6.09. The van der Waals surface area contributed by atoms with Crippen LogP contribution in [0.2, 0.25) is 0 Å². The van der Waals surface area contributed by atoms with Crippen molar-refractivity contribution >= 4 is 0 Å². The minimum atomic E-state index is -0.00463. The molecule has 0 bridgehead atoms. The Balaban J connectivity index is 2.92. The van der Waals surface area contributed by atoms with E-state index in [1.54, 1.807) is 14.2 Å². The van der Waals surface area contributed by atoms with Gasteiger partial charge in [-0.1, -0.05) is 20.3 Å². The molecule has 0 spiro atoms. The number of hydrogen-bond donors (Lipinski definition) is 1. The minimum absolute atomic E-state index is 0.00463. The van der Waals surface area contributed by atoms with Gasteiger partial charge in [0.15, 0.2) is 0 Å². The molecule has 2 N–H and O–H groups in total. The standard InChI is InChI=1S/C14H23NO2/c1-5-10(2)8-13(15)12-9-11(16-3)6-7-14(12)17-4/h6-7,9-10,13H,5,8,15H2,1-4H3. The molecule has 0 aliphatic rings. The van der Waals surface area contributed by atoms with Crippen LogP contribution in [0.3, 0.4) is 0 Å². The third kappa shape index (κ3) is 3.63. The van der Waals surface area contributed by atoms with Gasteiger partial charge >= 0.3 is 0 Å². The van der Waals surface area contributed by atoms with Crippen molar-refractivity contribution in [2.24, 2.45) is 11.7 Å². The topological polar surface area (TPSA) is 44.5 Å². The van der Waals surface area contributed by atoms with E-state index in [9.17, 15) is 0 Å². The van der Waals surface area contributed by atoms with Gasteiger partial charge in [0, 0.05) is 11.6 Å². The fraction of sp³-hybridized carbons (Fsp3) is 0.571. The maximum absolute atomic E-state index is 6.24. The lowest BCUT2D eigenvalue weighted by Crippen LogP contribution is -2.15. The van der Waals surface area contributed by atoms with Crippen LogP contribution < -0.4 is 15.2 Å². The Morgan fingerprint density at radius 2 is 1.94 bits per heavy atom. The summed E-state index contributed by atoms with van der Waals surface area (Å²) in [6.07, 6.45) is 2.10. The molecule has 3 heteroatoms. The van der Waals surface area contributed by atoms with Crippen molar-refractivity contribution in [3.8, 4) is 11.5 Å². The zero-order valence-electron chi connectivity index (χ0n) is 11.2. The van der Waals surface area contributed by atoms with E-state index in [4.69, 9.17) is 15.2 Å². The molecule has 96 valence electrons. The molecule has 0 aliphatic carbocycles. The molecule has 1 aromatic carbocycles. The summed E-state index contributed by atoms with van der Waals surface area (Å²) in [6.45, 7) is 4.40. The molecule has 0 aliphatic heterocycles. The molecule has 1 rings (SSSR count). The molecule has 17 heavy (non-hydrogen) atoms. The summed E-state index contributed by atoms with van der Waals surface area (Å²) in [5.74, 6) is 2.27. The van der Waals surface area contributed by atoms with Gasteiger partial charge in [0.05, 0.1) is 14.2 Å². The Hall–Kier alpha value is -1.22. The second-order valence-electron chi connectivity index (χ2n) is 4.46. The normalized spacial score (nSPS) is 14.2. The highest BCUT2D eigenvalue weighted by Gasteiger charge is 2.15. The van der Waals surface area contributed by atoms with Crippen molar-refractivity contribution in [2.75, 3.05) is 14.2 Å². The lowest BCUT2D eigenvalue weighted by atomic mass is 9.94. The van der Waals surface area contributed by atoms with Crippen LogP contribution in [0.25, 0.3) is 0 Å². The Bertz CT molecular complexity index is 352. The van der Waals surface area contributed by atoms with E-state index < -0.39 is 0 Å². The van der Waals surface area contributed by atoms with E-state index in [0.717, 1.165) is 29.9 Å². The van der Waals surface area contributed by atoms with Gasteiger partial charge in [0.2, 0.25) is 0 Å². The first-order valence-electron chi connectivity index (χ1n) is 6.09. The monoisotopic (exact) mass is 237 g/mol. The number of ether oxygens (including phenoxy) is 2. The lowest BCUT2D eigenvalue weighted by molar-refractivity contribution is 0.386. The highest BCUT2D eigenvalue weighted by Crippen LogP contribution is 2.31. The molecule has 0 aromatic heterocycles. The Labute approximate surface area is 104 Å². The highest BCUT2D eigenvalue weighted by molar-refractivity contribution is 5.42. The molecule has 0 heterocycles. The van der Waals surface area contributed by atoms with Gasteiger partial charge in [-0.2, -0.15) is 0 Å². The van der Waals surface area contributed by atoms with Crippen LogP contribution >= 0.6 is 0 Å². The molecular weight excluding hydrogens is 214 g/mol. The molecule has 1 aromatic rings. The first kappa shape index (κ1) is 13.8. The maximum atomic E-state index is 6.24. The van der Waals surface area contributed by atoms with Crippen molar-refractivity contribution in [3.05, 3.63) is 23.8 Å². The van der Waals surface area contributed by atoms with E-state index in [1.807, 2.05) is 18.2 Å². The van der Waals surface area contributed by atoms with E-state index in [-0.39, 0.29) is 6.04 Å². The lowest BCUT2D eigenvalue weighted by Gasteiger charge is -2.19. The number of hydrogen-bond acceptors (Lipinski definition) is 3. The van der Waals surface area contributed by atoms with Crippen molar-refractivity contribution in [1.82, 2.24) is 0 Å². The summed E-state index contributed by atoms with van der Waals surface area (Å²) in [4.78, 5) is 0. The number of benzene rings is 1. The molecule has 0 saturated heterocycles. The van der Waals surface area contributed by atoms with Gasteiger partial charge in [-0.15, -0.1) is 0 Å². The van der Waals surface area contributed by atoms with Crippen molar-refractivity contribution in [2.45, 2.75) is 32.7 Å². The van der Waals surface area contributed by atoms with E-state index >= 15 is 0 Å². The maximum Gasteiger partial charge on any atom is 0.123 e. The van der Waals surface area contributed by atoms with Gasteiger partial charge in [0.1, 0.15) is 11.5 Å². The fourth-order valence-electron chi connectivity index (χ4n) is 1.86. The van der Waals surface area contributed by atoms with Crippen LogP contribution in [-0.4, -0.2) is 14.2 Å². The molecule has 0 radical (unpaired) electrons. The van der Waals surface area contributed by atoms with E-state index in [0.29, 0.717) is 5.92 Å². The predicted octanol–water partition coefficient (Wildman–Crippen LogP) is 3.14. The van der Waals surface area contributed by atoms with Crippen LogP contribution in [0.5, 0.6) is 11.5 Å². The van der Waals surface area contributed by atoms with Crippen LogP contribution in [0, 0.1) is 5.92 Å². The van der Waals surface area contributed by atoms with E-state index in [1.165, 1.54) is 0 Å². The number of rotatable bonds is 6. The summed E-state index contributed by atoms with van der Waals surface area (Å²) in [5.41, 5.74) is 7.26. The molecule has 0 fully saturated rings. The average Bonchev–Trinajstić information content (AvgIpc) is 2.37. The summed E-state index contributed by atoms with van der Waals surface area (Å²) in [5, 5.41) is 0. The predicted molar refractivity (Wildman–Crippen MR) is 70.5 cm³/mol. The third-order valence-corrected chi connectivity index (χ3v) is 3.19. The largest absolute Gasteiger partial charge is 0.497 e. The second kappa shape index (κ2) is 6.50. The summed E-state index contributed by atoms with van der Waals surface area (Å²) in [6, 6.07) is 5.75. The Morgan fingerprint density at radius 3 is 2.47 bits per heavy atom. The fourth-order valence-corrected chi connectivity index (χ4v) is 1.86. The molecule has 0 amide bonds.